The number of nitrogens with one attached hydrogen (secondary N) is 1. The van der Waals surface area contributed by atoms with Crippen LogP contribution in [0, 0.1) is 0 Å². The summed E-state index contributed by atoms with van der Waals surface area (Å²) < 4.78 is 37.0. The summed E-state index contributed by atoms with van der Waals surface area (Å²) in [7, 11) is 2.79. The van der Waals surface area contributed by atoms with Gasteiger partial charge in [-0.15, -0.1) is 0 Å². The number of carbonyl (C=O) groups is 1. The van der Waals surface area contributed by atoms with E-state index in [0.717, 1.165) is 5.56 Å². The van der Waals surface area contributed by atoms with Crippen LogP contribution in [0.5, 0.6) is 5.75 Å². The Kier molecular flexibility index (Phi) is 4.25. The van der Waals surface area contributed by atoms with Gasteiger partial charge in [0.05, 0.1) is 20.8 Å². The van der Waals surface area contributed by atoms with Crippen LogP contribution in [-0.4, -0.2) is 56.7 Å². The summed E-state index contributed by atoms with van der Waals surface area (Å²) >= 11 is 0. The Hall–Kier alpha value is -1.73. The minimum atomic E-state index is -2.60. The van der Waals surface area contributed by atoms with E-state index >= 15 is 0 Å². The number of fused-ring (bicyclic) bond motifs is 1. The van der Waals surface area contributed by atoms with Crippen LogP contribution in [0.4, 0.5) is 8.78 Å². The van der Waals surface area contributed by atoms with Crippen LogP contribution in [0.25, 0.3) is 0 Å². The molecule has 1 aromatic rings. The van der Waals surface area contributed by atoms with Gasteiger partial charge >= 0.3 is 5.97 Å². The van der Waals surface area contributed by atoms with Gasteiger partial charge in [0.1, 0.15) is 11.3 Å². The second kappa shape index (κ2) is 6.05. The van der Waals surface area contributed by atoms with Crippen LogP contribution in [0.1, 0.15) is 28.4 Å². The SMILES string of the molecule is COC(=O)c1ccc([C@@H]2CN3CC(F)(F)CC3CN2)cc1OC. The van der Waals surface area contributed by atoms with Crippen molar-refractivity contribution in [1.82, 2.24) is 10.2 Å². The Morgan fingerprint density at radius 1 is 1.39 bits per heavy atom. The maximum atomic E-state index is 13.5. The average Bonchev–Trinajstić information content (AvgIpc) is 2.86. The normalized spacial score (nSPS) is 26.6. The van der Waals surface area contributed by atoms with E-state index in [0.29, 0.717) is 24.4 Å². The summed E-state index contributed by atoms with van der Waals surface area (Å²) in [6, 6.07) is 5.03. The van der Waals surface area contributed by atoms with Gasteiger partial charge in [-0.3, -0.25) is 4.90 Å². The lowest BCUT2D eigenvalue weighted by molar-refractivity contribution is 0.0117. The van der Waals surface area contributed by atoms with Gasteiger partial charge in [-0.2, -0.15) is 0 Å². The van der Waals surface area contributed by atoms with Crippen LogP contribution >= 0.6 is 0 Å². The number of esters is 1. The van der Waals surface area contributed by atoms with Crippen molar-refractivity contribution in [3.8, 4) is 5.75 Å². The molecular weight excluding hydrogens is 306 g/mol. The van der Waals surface area contributed by atoms with Crippen molar-refractivity contribution in [1.29, 1.82) is 0 Å². The van der Waals surface area contributed by atoms with Gasteiger partial charge in [0.2, 0.25) is 0 Å². The number of rotatable bonds is 3. The van der Waals surface area contributed by atoms with Gasteiger partial charge in [0.15, 0.2) is 0 Å². The minimum absolute atomic E-state index is 0.0688. The number of hydrogen-bond acceptors (Lipinski definition) is 5. The molecule has 0 amide bonds. The Morgan fingerprint density at radius 3 is 2.87 bits per heavy atom. The van der Waals surface area contributed by atoms with Crippen molar-refractivity contribution in [2.75, 3.05) is 33.9 Å². The van der Waals surface area contributed by atoms with Crippen molar-refractivity contribution in [3.05, 3.63) is 29.3 Å². The van der Waals surface area contributed by atoms with Gasteiger partial charge < -0.3 is 14.8 Å². The first-order valence-corrected chi connectivity index (χ1v) is 7.55. The number of piperazine rings is 1. The Morgan fingerprint density at radius 2 is 2.17 bits per heavy atom. The second-order valence-corrected chi connectivity index (χ2v) is 6.06. The van der Waals surface area contributed by atoms with E-state index in [1.54, 1.807) is 18.2 Å². The van der Waals surface area contributed by atoms with Crippen molar-refractivity contribution in [2.24, 2.45) is 0 Å². The van der Waals surface area contributed by atoms with Gasteiger partial charge in [-0.1, -0.05) is 6.07 Å². The van der Waals surface area contributed by atoms with E-state index in [1.165, 1.54) is 14.2 Å². The third-order valence-electron chi connectivity index (χ3n) is 4.54. The Balaban J connectivity index is 1.79. The number of benzene rings is 1. The fourth-order valence-electron chi connectivity index (χ4n) is 3.38. The van der Waals surface area contributed by atoms with Crippen LogP contribution in [0.2, 0.25) is 0 Å². The quantitative estimate of drug-likeness (QED) is 0.859. The molecule has 2 fully saturated rings. The summed E-state index contributed by atoms with van der Waals surface area (Å²) in [5.74, 6) is -2.65. The lowest BCUT2D eigenvalue weighted by Gasteiger charge is -2.35. The van der Waals surface area contributed by atoms with Crippen LogP contribution in [-0.2, 0) is 4.74 Å². The van der Waals surface area contributed by atoms with Crippen LogP contribution < -0.4 is 10.1 Å². The molecular formula is C16H20F2N2O3. The first-order valence-electron chi connectivity index (χ1n) is 7.55. The van der Waals surface area contributed by atoms with Gasteiger partial charge in [0.25, 0.3) is 5.92 Å². The molecule has 23 heavy (non-hydrogen) atoms. The molecule has 0 bridgehead atoms. The number of carbonyl (C=O) groups excluding carboxylic acids is 1. The molecule has 0 aromatic heterocycles. The molecule has 0 saturated carbocycles. The summed E-state index contributed by atoms with van der Waals surface area (Å²) in [4.78, 5) is 13.5. The van der Waals surface area contributed by atoms with Gasteiger partial charge in [-0.05, 0) is 17.7 Å². The molecule has 1 N–H and O–H groups in total. The molecule has 1 aromatic carbocycles. The highest BCUT2D eigenvalue weighted by atomic mass is 19.3. The molecule has 2 atom stereocenters. The van der Waals surface area contributed by atoms with Crippen LogP contribution in [0.15, 0.2) is 18.2 Å². The predicted octanol–water partition coefficient (Wildman–Crippen LogP) is 1.84. The molecule has 2 heterocycles. The number of halogens is 2. The highest BCUT2D eigenvalue weighted by Gasteiger charge is 2.47. The third kappa shape index (κ3) is 3.16. The van der Waals surface area contributed by atoms with E-state index in [1.807, 2.05) is 4.90 Å². The molecule has 1 unspecified atom stereocenters. The monoisotopic (exact) mass is 326 g/mol. The second-order valence-electron chi connectivity index (χ2n) is 6.06. The molecule has 2 aliphatic heterocycles. The summed E-state index contributed by atoms with van der Waals surface area (Å²) in [5.41, 5.74) is 1.25. The van der Waals surface area contributed by atoms with E-state index in [9.17, 15) is 13.6 Å². The summed E-state index contributed by atoms with van der Waals surface area (Å²) in [6.45, 7) is 0.857. The molecule has 0 spiro atoms. The average molecular weight is 326 g/mol. The molecule has 0 radical (unpaired) electrons. The molecule has 7 heteroatoms. The minimum Gasteiger partial charge on any atom is -0.496 e. The van der Waals surface area contributed by atoms with E-state index in [-0.39, 0.29) is 25.0 Å². The zero-order valence-electron chi connectivity index (χ0n) is 13.1. The van der Waals surface area contributed by atoms with E-state index in [4.69, 9.17) is 9.47 Å². The van der Waals surface area contributed by atoms with Crippen molar-refractivity contribution >= 4 is 5.97 Å². The zero-order chi connectivity index (χ0) is 16.6. The molecule has 126 valence electrons. The molecule has 3 rings (SSSR count). The fourth-order valence-corrected chi connectivity index (χ4v) is 3.38. The topological polar surface area (TPSA) is 50.8 Å². The highest BCUT2D eigenvalue weighted by Crippen LogP contribution is 2.36. The summed E-state index contributed by atoms with van der Waals surface area (Å²) in [6.07, 6.45) is -0.0860. The molecule has 5 nitrogen and oxygen atoms in total. The highest BCUT2D eigenvalue weighted by molar-refractivity contribution is 5.92. The smallest absolute Gasteiger partial charge is 0.341 e. The lowest BCUT2D eigenvalue weighted by atomic mass is 10.00. The maximum Gasteiger partial charge on any atom is 0.341 e. The standard InChI is InChI=1S/C16H20F2N2O3/c1-22-14-5-10(3-4-12(14)15(21)23-2)13-8-20-9-16(17,18)6-11(20)7-19-13/h3-5,11,13,19H,6-9H2,1-2H3/t11?,13-/m0/s1. The molecule has 2 aliphatic rings. The first kappa shape index (κ1) is 16.1. The largest absolute Gasteiger partial charge is 0.496 e. The lowest BCUT2D eigenvalue weighted by Crippen LogP contribution is -2.49. The fraction of sp³-hybridized carbons (Fsp3) is 0.562. The molecule has 0 aliphatic carbocycles. The van der Waals surface area contributed by atoms with Crippen molar-refractivity contribution in [2.45, 2.75) is 24.4 Å². The maximum absolute atomic E-state index is 13.5. The Labute approximate surface area is 133 Å². The number of alkyl halides is 2. The summed E-state index contributed by atoms with van der Waals surface area (Å²) in [5, 5.41) is 3.31. The predicted molar refractivity (Wildman–Crippen MR) is 80.0 cm³/mol. The van der Waals surface area contributed by atoms with Crippen molar-refractivity contribution < 1.29 is 23.0 Å². The first-order chi connectivity index (χ1) is 10.9. The van der Waals surface area contributed by atoms with Crippen molar-refractivity contribution in [3.63, 3.8) is 0 Å². The number of ether oxygens (including phenoxy) is 2. The van der Waals surface area contributed by atoms with E-state index in [2.05, 4.69) is 5.32 Å². The zero-order valence-corrected chi connectivity index (χ0v) is 13.1. The third-order valence-corrected chi connectivity index (χ3v) is 4.54. The van der Waals surface area contributed by atoms with Crippen LogP contribution in [0.3, 0.4) is 0 Å². The number of nitrogens with zero attached hydrogens (tertiary/aromatic N) is 1. The molecule has 2 saturated heterocycles. The van der Waals surface area contributed by atoms with E-state index < -0.39 is 11.9 Å². The number of methoxy groups -OCH3 is 2. The Bertz CT molecular complexity index is 609. The van der Waals surface area contributed by atoms with Gasteiger partial charge in [-0.25, -0.2) is 13.6 Å². The number of hydrogen-bond donors (Lipinski definition) is 1. The van der Waals surface area contributed by atoms with Gasteiger partial charge in [0, 0.05) is 31.6 Å².